The van der Waals surface area contributed by atoms with Gasteiger partial charge in [-0.25, -0.2) is 0 Å². The number of anilines is 1. The molecule has 0 unspecified atom stereocenters. The van der Waals surface area contributed by atoms with Crippen molar-refractivity contribution in [2.24, 2.45) is 0 Å². The van der Waals surface area contributed by atoms with Gasteiger partial charge in [0.05, 0.1) is 25.7 Å². The van der Waals surface area contributed by atoms with Crippen molar-refractivity contribution >= 4 is 40.6 Å². The zero-order valence-corrected chi connectivity index (χ0v) is 20.9. The number of hydrogen-bond acceptors (Lipinski definition) is 7. The van der Waals surface area contributed by atoms with Crippen molar-refractivity contribution in [2.75, 3.05) is 38.8 Å². The predicted octanol–water partition coefficient (Wildman–Crippen LogP) is 3.70. The van der Waals surface area contributed by atoms with Crippen molar-refractivity contribution in [3.63, 3.8) is 0 Å². The first-order valence-electron chi connectivity index (χ1n) is 11.5. The minimum absolute atomic E-state index is 0.117. The predicted molar refractivity (Wildman–Crippen MR) is 137 cm³/mol. The number of nitrogens with one attached hydrogen (secondary N) is 1. The second kappa shape index (κ2) is 10.9. The number of amides is 3. The summed E-state index contributed by atoms with van der Waals surface area (Å²) in [5.41, 5.74) is 3.06. The van der Waals surface area contributed by atoms with E-state index in [2.05, 4.69) is 23.2 Å². The molecule has 9 heteroatoms. The van der Waals surface area contributed by atoms with Crippen LogP contribution in [0, 0.1) is 0 Å². The van der Waals surface area contributed by atoms with E-state index >= 15 is 0 Å². The first kappa shape index (κ1) is 24.7. The Bertz CT molecular complexity index is 1170. The summed E-state index contributed by atoms with van der Waals surface area (Å²) in [6, 6.07) is 13.7. The van der Waals surface area contributed by atoms with Gasteiger partial charge in [-0.05, 0) is 66.9 Å². The monoisotopic (exact) mass is 495 g/mol. The lowest BCUT2D eigenvalue weighted by atomic mass is 9.97. The summed E-state index contributed by atoms with van der Waals surface area (Å²) < 4.78 is 10.5. The zero-order valence-electron chi connectivity index (χ0n) is 20.1. The summed E-state index contributed by atoms with van der Waals surface area (Å²) in [6.07, 6.45) is 3.65. The molecule has 2 aromatic carbocycles. The first-order valence-corrected chi connectivity index (χ1v) is 12.3. The van der Waals surface area contributed by atoms with Gasteiger partial charge in [0.25, 0.3) is 11.1 Å². The lowest BCUT2D eigenvalue weighted by Crippen LogP contribution is -2.46. The minimum atomic E-state index is -0.373. The molecule has 0 radical (unpaired) electrons. The number of thioether (sulfide) groups is 1. The van der Waals surface area contributed by atoms with Gasteiger partial charge in [0.15, 0.2) is 11.5 Å². The molecular weight excluding hydrogens is 466 g/mol. The second-order valence-electron chi connectivity index (χ2n) is 8.44. The van der Waals surface area contributed by atoms with Crippen molar-refractivity contribution in [3.8, 4) is 11.5 Å². The van der Waals surface area contributed by atoms with Crippen molar-refractivity contribution in [2.45, 2.75) is 25.8 Å². The van der Waals surface area contributed by atoms with E-state index in [-0.39, 0.29) is 42.7 Å². The lowest BCUT2D eigenvalue weighted by Gasteiger charge is -2.36. The number of fused-ring (bicyclic) bond motifs is 1. The van der Waals surface area contributed by atoms with E-state index in [0.717, 1.165) is 40.8 Å². The van der Waals surface area contributed by atoms with Crippen LogP contribution in [0.2, 0.25) is 0 Å². The minimum Gasteiger partial charge on any atom is -0.493 e. The fourth-order valence-corrected chi connectivity index (χ4v) is 5.17. The molecule has 4 rings (SSSR count). The Hall–Kier alpha value is -3.46. The van der Waals surface area contributed by atoms with E-state index in [1.54, 1.807) is 31.4 Å². The van der Waals surface area contributed by atoms with Crippen LogP contribution in [0.25, 0.3) is 6.08 Å². The van der Waals surface area contributed by atoms with Crippen LogP contribution in [0.3, 0.4) is 0 Å². The van der Waals surface area contributed by atoms with Crippen LogP contribution in [0.15, 0.2) is 47.4 Å². The molecule has 3 amide bonds. The SMILES string of the molecule is COc1ccc(/C=C2\SC(=O)N(CCNC(=O)CN3c4ccccc4CC[C@@H]3C)C2=O)cc1OC. The summed E-state index contributed by atoms with van der Waals surface area (Å²) in [4.78, 5) is 41.5. The van der Waals surface area contributed by atoms with Crippen LogP contribution >= 0.6 is 11.8 Å². The van der Waals surface area contributed by atoms with E-state index in [1.807, 2.05) is 18.2 Å². The fraction of sp³-hybridized carbons (Fsp3) is 0.346. The van der Waals surface area contributed by atoms with Gasteiger partial charge >= 0.3 is 0 Å². The quantitative estimate of drug-likeness (QED) is 0.559. The molecule has 1 atom stereocenters. The van der Waals surface area contributed by atoms with Gasteiger partial charge in [-0.15, -0.1) is 0 Å². The number of carbonyl (C=O) groups excluding carboxylic acids is 3. The third kappa shape index (κ3) is 5.45. The fourth-order valence-electron chi connectivity index (χ4n) is 4.31. The Kier molecular flexibility index (Phi) is 7.65. The maximum atomic E-state index is 12.8. The van der Waals surface area contributed by atoms with Crippen LogP contribution in [-0.4, -0.2) is 61.8 Å². The maximum Gasteiger partial charge on any atom is 0.293 e. The number of imide groups is 1. The highest BCUT2D eigenvalue weighted by molar-refractivity contribution is 8.18. The van der Waals surface area contributed by atoms with Gasteiger partial charge in [-0.3, -0.25) is 19.3 Å². The van der Waals surface area contributed by atoms with Crippen molar-refractivity contribution in [1.29, 1.82) is 0 Å². The lowest BCUT2D eigenvalue weighted by molar-refractivity contribution is -0.124. The molecule has 0 saturated carbocycles. The first-order chi connectivity index (χ1) is 16.9. The largest absolute Gasteiger partial charge is 0.493 e. The summed E-state index contributed by atoms with van der Waals surface area (Å²) in [7, 11) is 3.09. The number of hydrogen-bond donors (Lipinski definition) is 1. The normalized spacial score (nSPS) is 18.6. The Morgan fingerprint density at radius 2 is 1.91 bits per heavy atom. The van der Waals surface area contributed by atoms with Crippen LogP contribution in [-0.2, 0) is 16.0 Å². The molecule has 1 saturated heterocycles. The van der Waals surface area contributed by atoms with Gasteiger partial charge in [0.2, 0.25) is 5.91 Å². The second-order valence-corrected chi connectivity index (χ2v) is 9.44. The van der Waals surface area contributed by atoms with Crippen molar-refractivity contribution in [1.82, 2.24) is 10.2 Å². The van der Waals surface area contributed by atoms with Crippen LogP contribution < -0.4 is 19.7 Å². The third-order valence-corrected chi connectivity index (χ3v) is 7.12. The maximum absolute atomic E-state index is 12.8. The molecule has 2 aromatic rings. The molecule has 1 fully saturated rings. The molecule has 2 heterocycles. The Morgan fingerprint density at radius 3 is 2.69 bits per heavy atom. The topological polar surface area (TPSA) is 88.2 Å². The smallest absolute Gasteiger partial charge is 0.293 e. The van der Waals surface area contributed by atoms with E-state index < -0.39 is 0 Å². The average molecular weight is 496 g/mol. The molecule has 0 bridgehead atoms. The molecule has 0 aliphatic carbocycles. The Balaban J connectivity index is 1.33. The van der Waals surface area contributed by atoms with E-state index in [0.29, 0.717) is 16.4 Å². The number of carbonyl (C=O) groups is 3. The van der Waals surface area contributed by atoms with Gasteiger partial charge in [-0.2, -0.15) is 0 Å². The van der Waals surface area contributed by atoms with Gasteiger partial charge in [0, 0.05) is 24.8 Å². The summed E-state index contributed by atoms with van der Waals surface area (Å²) in [5.74, 6) is 0.605. The zero-order chi connectivity index (χ0) is 24.9. The van der Waals surface area contributed by atoms with Crippen molar-refractivity contribution < 1.29 is 23.9 Å². The third-order valence-electron chi connectivity index (χ3n) is 6.22. The Morgan fingerprint density at radius 1 is 1.14 bits per heavy atom. The number of nitrogens with zero attached hydrogens (tertiary/aromatic N) is 2. The number of ether oxygens (including phenoxy) is 2. The molecule has 2 aliphatic rings. The number of rotatable bonds is 8. The standard InChI is InChI=1S/C26H29N3O5S/c1-17-8-10-19-6-4-5-7-20(19)29(17)16-24(30)27-12-13-28-25(31)23(35-26(28)32)15-18-9-11-21(33-2)22(14-18)34-3/h4-7,9,11,14-15,17H,8,10,12-13,16H2,1-3H3,(H,27,30)/b23-15-/t17-/m0/s1. The van der Waals surface area contributed by atoms with E-state index in [1.165, 1.54) is 12.7 Å². The van der Waals surface area contributed by atoms with Crippen LogP contribution in [0.4, 0.5) is 10.5 Å². The molecule has 184 valence electrons. The van der Waals surface area contributed by atoms with E-state index in [9.17, 15) is 14.4 Å². The van der Waals surface area contributed by atoms with Gasteiger partial charge in [0.1, 0.15) is 0 Å². The van der Waals surface area contributed by atoms with Crippen molar-refractivity contribution in [3.05, 3.63) is 58.5 Å². The summed E-state index contributed by atoms with van der Waals surface area (Å²) >= 11 is 0.885. The molecule has 8 nitrogen and oxygen atoms in total. The number of para-hydroxylation sites is 1. The summed E-state index contributed by atoms with van der Waals surface area (Å²) in [5, 5.41) is 2.50. The number of benzene rings is 2. The van der Waals surface area contributed by atoms with Gasteiger partial charge in [-0.1, -0.05) is 24.3 Å². The molecule has 0 spiro atoms. The number of aryl methyl sites for hydroxylation is 1. The Labute approximate surface area is 209 Å². The highest BCUT2D eigenvalue weighted by Gasteiger charge is 2.35. The number of methoxy groups -OCH3 is 2. The van der Waals surface area contributed by atoms with Crippen LogP contribution in [0.5, 0.6) is 11.5 Å². The highest BCUT2D eigenvalue weighted by atomic mass is 32.2. The highest BCUT2D eigenvalue weighted by Crippen LogP contribution is 2.34. The van der Waals surface area contributed by atoms with Gasteiger partial charge < -0.3 is 19.7 Å². The molecule has 1 N–H and O–H groups in total. The summed E-state index contributed by atoms with van der Waals surface area (Å²) in [6.45, 7) is 2.67. The molecular formula is C26H29N3O5S. The molecule has 2 aliphatic heterocycles. The van der Waals surface area contributed by atoms with E-state index in [4.69, 9.17) is 9.47 Å². The van der Waals surface area contributed by atoms with Crippen LogP contribution in [0.1, 0.15) is 24.5 Å². The molecule has 35 heavy (non-hydrogen) atoms. The molecule has 0 aromatic heterocycles. The average Bonchev–Trinajstić information content (AvgIpc) is 3.13.